The molecule has 0 radical (unpaired) electrons. The Morgan fingerprint density at radius 1 is 1.47 bits per heavy atom. The van der Waals surface area contributed by atoms with Crippen molar-refractivity contribution in [1.82, 2.24) is 10.2 Å². The number of aliphatic carboxylic acids is 1. The number of amides is 2. The van der Waals surface area contributed by atoms with Crippen LogP contribution in [0, 0.1) is 0 Å². The third kappa shape index (κ3) is 3.92. The quantitative estimate of drug-likeness (QED) is 0.720. The van der Waals surface area contributed by atoms with Gasteiger partial charge in [-0.1, -0.05) is 6.92 Å². The van der Waals surface area contributed by atoms with Crippen molar-refractivity contribution in [3.63, 3.8) is 0 Å². The summed E-state index contributed by atoms with van der Waals surface area (Å²) in [5.41, 5.74) is 0. The van der Waals surface area contributed by atoms with Crippen LogP contribution in [0.1, 0.15) is 19.8 Å². The minimum Gasteiger partial charge on any atom is -0.480 e. The van der Waals surface area contributed by atoms with Crippen LogP contribution in [0.25, 0.3) is 0 Å². The van der Waals surface area contributed by atoms with Crippen molar-refractivity contribution < 1.29 is 19.5 Å². The van der Waals surface area contributed by atoms with Gasteiger partial charge in [0.2, 0.25) is 11.8 Å². The number of thioether (sulfide) groups is 1. The van der Waals surface area contributed by atoms with E-state index >= 15 is 0 Å². The van der Waals surface area contributed by atoms with Gasteiger partial charge in [0.15, 0.2) is 0 Å². The van der Waals surface area contributed by atoms with E-state index in [0.29, 0.717) is 18.1 Å². The van der Waals surface area contributed by atoms with Gasteiger partial charge >= 0.3 is 5.97 Å². The molecule has 0 aliphatic carbocycles. The summed E-state index contributed by atoms with van der Waals surface area (Å²) in [7, 11) is 0. The number of carbonyl (C=O) groups excluding carboxylic acids is 2. The van der Waals surface area contributed by atoms with Gasteiger partial charge in [-0.25, -0.2) is 0 Å². The van der Waals surface area contributed by atoms with Gasteiger partial charge in [0, 0.05) is 12.2 Å². The standard InChI is InChI=1S/C10H16N2O4S/c1-2-3-8(13)12-6-17-5-7(12)10(16)11-4-9(14)15/h7H,2-6H2,1H3,(H,11,16)(H,14,15). The monoisotopic (exact) mass is 260 g/mol. The lowest BCUT2D eigenvalue weighted by atomic mass is 10.2. The zero-order valence-corrected chi connectivity index (χ0v) is 10.5. The van der Waals surface area contributed by atoms with Gasteiger partial charge in [-0.3, -0.25) is 14.4 Å². The van der Waals surface area contributed by atoms with Gasteiger partial charge in [-0.05, 0) is 6.42 Å². The Morgan fingerprint density at radius 3 is 2.76 bits per heavy atom. The molecule has 1 fully saturated rings. The molecule has 0 aromatic carbocycles. The number of rotatable bonds is 5. The lowest BCUT2D eigenvalue weighted by molar-refractivity contribution is -0.140. The molecule has 2 amide bonds. The van der Waals surface area contributed by atoms with Crippen LogP contribution in [0.4, 0.5) is 0 Å². The fourth-order valence-corrected chi connectivity index (χ4v) is 2.72. The summed E-state index contributed by atoms with van der Waals surface area (Å²) < 4.78 is 0. The van der Waals surface area contributed by atoms with Gasteiger partial charge in [-0.2, -0.15) is 0 Å². The van der Waals surface area contributed by atoms with E-state index in [1.54, 1.807) is 0 Å². The van der Waals surface area contributed by atoms with E-state index in [1.165, 1.54) is 16.7 Å². The topological polar surface area (TPSA) is 86.7 Å². The third-order valence-electron chi connectivity index (χ3n) is 2.38. The number of hydrogen-bond acceptors (Lipinski definition) is 4. The predicted molar refractivity (Wildman–Crippen MR) is 63.5 cm³/mol. The summed E-state index contributed by atoms with van der Waals surface area (Å²) >= 11 is 1.50. The van der Waals surface area contributed by atoms with Crippen LogP contribution in [0.3, 0.4) is 0 Å². The first-order valence-corrected chi connectivity index (χ1v) is 6.58. The van der Waals surface area contributed by atoms with Crippen LogP contribution in [-0.4, -0.2) is 52.0 Å². The molecule has 1 saturated heterocycles. The number of nitrogens with zero attached hydrogens (tertiary/aromatic N) is 1. The van der Waals surface area contributed by atoms with E-state index in [0.717, 1.165) is 6.42 Å². The van der Waals surface area contributed by atoms with Crippen LogP contribution < -0.4 is 5.32 Å². The lowest BCUT2D eigenvalue weighted by Gasteiger charge is -2.22. The molecule has 17 heavy (non-hydrogen) atoms. The van der Waals surface area contributed by atoms with Crippen LogP contribution in [0.2, 0.25) is 0 Å². The number of carboxylic acid groups (broad SMARTS) is 1. The molecule has 1 heterocycles. The van der Waals surface area contributed by atoms with Gasteiger partial charge in [0.25, 0.3) is 0 Å². The van der Waals surface area contributed by atoms with E-state index in [-0.39, 0.29) is 11.8 Å². The minimum absolute atomic E-state index is 0.0482. The van der Waals surface area contributed by atoms with Crippen LogP contribution in [-0.2, 0) is 14.4 Å². The number of hydrogen-bond donors (Lipinski definition) is 2. The summed E-state index contributed by atoms with van der Waals surface area (Å²) in [6.07, 6.45) is 1.16. The normalized spacial score (nSPS) is 19.1. The van der Waals surface area contributed by atoms with E-state index < -0.39 is 18.6 Å². The molecule has 0 aromatic heterocycles. The Kier molecular flexibility index (Phi) is 5.27. The minimum atomic E-state index is -1.09. The summed E-state index contributed by atoms with van der Waals surface area (Å²) in [6.45, 7) is 1.50. The smallest absolute Gasteiger partial charge is 0.322 e. The van der Waals surface area contributed by atoms with Gasteiger partial charge < -0.3 is 15.3 Å². The highest BCUT2D eigenvalue weighted by Gasteiger charge is 2.33. The molecule has 2 N–H and O–H groups in total. The highest BCUT2D eigenvalue weighted by atomic mass is 32.2. The van der Waals surface area contributed by atoms with Gasteiger partial charge in [-0.15, -0.1) is 11.8 Å². The molecule has 1 aliphatic heterocycles. The summed E-state index contributed by atoms with van der Waals surface area (Å²) in [5.74, 6) is -0.490. The Labute approximate surface area is 104 Å². The number of nitrogens with one attached hydrogen (secondary N) is 1. The van der Waals surface area contributed by atoms with Crippen molar-refractivity contribution in [2.45, 2.75) is 25.8 Å². The summed E-state index contributed by atoms with van der Waals surface area (Å²) in [5, 5.41) is 10.8. The Morgan fingerprint density at radius 2 is 2.18 bits per heavy atom. The maximum Gasteiger partial charge on any atom is 0.322 e. The summed E-state index contributed by atoms with van der Waals surface area (Å²) in [4.78, 5) is 35.3. The fourth-order valence-electron chi connectivity index (χ4n) is 1.54. The molecule has 1 atom stereocenters. The fraction of sp³-hybridized carbons (Fsp3) is 0.700. The molecule has 1 rings (SSSR count). The van der Waals surface area contributed by atoms with Crippen molar-refractivity contribution in [3.05, 3.63) is 0 Å². The van der Waals surface area contributed by atoms with Crippen molar-refractivity contribution in [1.29, 1.82) is 0 Å². The average molecular weight is 260 g/mol. The number of carboxylic acids is 1. The van der Waals surface area contributed by atoms with Crippen LogP contribution in [0.5, 0.6) is 0 Å². The Balaban J connectivity index is 2.53. The molecule has 1 aliphatic rings. The Bertz CT molecular complexity index is 321. The molecule has 7 heteroatoms. The molecule has 0 bridgehead atoms. The van der Waals surface area contributed by atoms with Gasteiger partial charge in [0.1, 0.15) is 12.6 Å². The lowest BCUT2D eigenvalue weighted by Crippen LogP contribution is -2.48. The zero-order chi connectivity index (χ0) is 12.8. The second-order valence-corrected chi connectivity index (χ2v) is 4.74. The molecule has 6 nitrogen and oxygen atoms in total. The average Bonchev–Trinajstić information content (AvgIpc) is 2.75. The second-order valence-electron chi connectivity index (χ2n) is 3.74. The van der Waals surface area contributed by atoms with Crippen LogP contribution >= 0.6 is 11.8 Å². The largest absolute Gasteiger partial charge is 0.480 e. The molecular weight excluding hydrogens is 244 g/mol. The number of carbonyl (C=O) groups is 3. The van der Waals surface area contributed by atoms with Crippen molar-refractivity contribution in [3.8, 4) is 0 Å². The van der Waals surface area contributed by atoms with Crippen LogP contribution in [0.15, 0.2) is 0 Å². The molecular formula is C10H16N2O4S. The molecule has 1 unspecified atom stereocenters. The van der Waals surface area contributed by atoms with Gasteiger partial charge in [0.05, 0.1) is 5.88 Å². The highest BCUT2D eigenvalue weighted by Crippen LogP contribution is 2.22. The van der Waals surface area contributed by atoms with E-state index in [9.17, 15) is 14.4 Å². The predicted octanol–water partition coefficient (Wildman–Crippen LogP) is -0.111. The maximum atomic E-state index is 11.7. The highest BCUT2D eigenvalue weighted by molar-refractivity contribution is 7.99. The van der Waals surface area contributed by atoms with Crippen molar-refractivity contribution in [2.75, 3.05) is 18.2 Å². The van der Waals surface area contributed by atoms with E-state index in [4.69, 9.17) is 5.11 Å². The van der Waals surface area contributed by atoms with E-state index in [1.807, 2.05) is 6.92 Å². The van der Waals surface area contributed by atoms with Crippen molar-refractivity contribution in [2.24, 2.45) is 0 Å². The second kappa shape index (κ2) is 6.48. The SMILES string of the molecule is CCCC(=O)N1CSCC1C(=O)NCC(=O)O. The zero-order valence-electron chi connectivity index (χ0n) is 9.64. The first kappa shape index (κ1) is 13.8. The molecule has 0 saturated carbocycles. The molecule has 0 aromatic rings. The first-order chi connectivity index (χ1) is 8.06. The van der Waals surface area contributed by atoms with Crippen molar-refractivity contribution >= 4 is 29.5 Å². The molecule has 96 valence electrons. The Hall–Kier alpha value is -1.24. The molecule has 0 spiro atoms. The maximum absolute atomic E-state index is 11.7. The third-order valence-corrected chi connectivity index (χ3v) is 3.40. The van der Waals surface area contributed by atoms with E-state index in [2.05, 4.69) is 5.32 Å². The first-order valence-electron chi connectivity index (χ1n) is 5.43. The summed E-state index contributed by atoms with van der Waals surface area (Å²) in [6, 6.07) is -0.529.